The molecule has 4 heteroatoms. The third-order valence-corrected chi connectivity index (χ3v) is 5.72. The Morgan fingerprint density at radius 2 is 1.94 bits per heavy atom. The number of fused-ring (bicyclic) bond motifs is 1. The summed E-state index contributed by atoms with van der Waals surface area (Å²) in [6, 6.07) is 3.84. The maximum absolute atomic E-state index is 12.4. The quantitative estimate of drug-likeness (QED) is 0.818. The van der Waals surface area contributed by atoms with E-state index >= 15 is 0 Å². The second-order valence-electron chi connectivity index (χ2n) is 4.36. The summed E-state index contributed by atoms with van der Waals surface area (Å²) in [7, 11) is -3.15. The molecule has 1 heterocycles. The summed E-state index contributed by atoms with van der Waals surface area (Å²) in [5, 5.41) is 2.96. The van der Waals surface area contributed by atoms with E-state index in [-0.39, 0.29) is 5.25 Å². The van der Waals surface area contributed by atoms with Crippen LogP contribution in [0.4, 0.5) is 5.69 Å². The lowest BCUT2D eigenvalue weighted by molar-refractivity contribution is 0.573. The molecule has 0 aromatic heterocycles. The van der Waals surface area contributed by atoms with Crippen LogP contribution >= 0.6 is 0 Å². The van der Waals surface area contributed by atoms with E-state index in [0.717, 1.165) is 16.8 Å². The first-order valence-electron chi connectivity index (χ1n) is 5.56. The van der Waals surface area contributed by atoms with Gasteiger partial charge in [0.2, 0.25) is 0 Å². The van der Waals surface area contributed by atoms with Crippen molar-refractivity contribution < 1.29 is 8.42 Å². The minimum Gasteiger partial charge on any atom is -0.382 e. The van der Waals surface area contributed by atoms with Gasteiger partial charge >= 0.3 is 0 Å². The smallest absolute Gasteiger partial charge is 0.185 e. The Hall–Kier alpha value is -1.03. The number of anilines is 1. The highest BCUT2D eigenvalue weighted by atomic mass is 32.2. The predicted octanol–water partition coefficient (Wildman–Crippen LogP) is 2.28. The monoisotopic (exact) mass is 239 g/mol. The first-order valence-corrected chi connectivity index (χ1v) is 7.11. The molecule has 3 nitrogen and oxygen atoms in total. The fourth-order valence-electron chi connectivity index (χ4n) is 2.23. The Morgan fingerprint density at radius 3 is 2.56 bits per heavy atom. The van der Waals surface area contributed by atoms with Crippen LogP contribution in [0.15, 0.2) is 17.0 Å². The maximum Gasteiger partial charge on any atom is 0.185 e. The van der Waals surface area contributed by atoms with Crippen LogP contribution in [0.1, 0.15) is 24.5 Å². The summed E-state index contributed by atoms with van der Waals surface area (Å²) in [6.07, 6.45) is 0.655. The molecule has 1 unspecified atom stereocenters. The number of sulfone groups is 1. The molecule has 1 aliphatic heterocycles. The number of rotatable bonds is 1. The number of nitrogens with one attached hydrogen (secondary N) is 1. The van der Waals surface area contributed by atoms with Gasteiger partial charge in [0.25, 0.3) is 0 Å². The summed E-state index contributed by atoms with van der Waals surface area (Å²) in [4.78, 5) is 0.505. The second-order valence-corrected chi connectivity index (χ2v) is 6.52. The summed E-state index contributed by atoms with van der Waals surface area (Å²) in [5.74, 6) is 0. The molecular weight excluding hydrogens is 222 g/mol. The van der Waals surface area contributed by atoms with Crippen molar-refractivity contribution in [3.8, 4) is 0 Å². The lowest BCUT2D eigenvalue weighted by atomic mass is 10.1. The molecule has 1 N–H and O–H groups in total. The molecule has 0 saturated heterocycles. The largest absolute Gasteiger partial charge is 0.382 e. The molecule has 0 saturated carbocycles. The average molecular weight is 239 g/mol. The molecule has 0 bridgehead atoms. The van der Waals surface area contributed by atoms with E-state index in [9.17, 15) is 8.42 Å². The molecule has 0 amide bonds. The first-order chi connectivity index (χ1) is 7.48. The van der Waals surface area contributed by atoms with Crippen molar-refractivity contribution in [3.63, 3.8) is 0 Å². The van der Waals surface area contributed by atoms with Gasteiger partial charge in [-0.25, -0.2) is 8.42 Å². The van der Waals surface area contributed by atoms with E-state index in [4.69, 9.17) is 0 Å². The number of hydrogen-bond donors (Lipinski definition) is 1. The van der Waals surface area contributed by atoms with Gasteiger partial charge in [-0.2, -0.15) is 0 Å². The van der Waals surface area contributed by atoms with Crippen LogP contribution < -0.4 is 5.32 Å². The Morgan fingerprint density at radius 1 is 1.31 bits per heavy atom. The third-order valence-electron chi connectivity index (χ3n) is 3.25. The van der Waals surface area contributed by atoms with Gasteiger partial charge in [0.05, 0.1) is 15.8 Å². The highest BCUT2D eigenvalue weighted by molar-refractivity contribution is 7.92. The van der Waals surface area contributed by atoms with Crippen molar-refractivity contribution in [2.24, 2.45) is 0 Å². The highest BCUT2D eigenvalue weighted by Gasteiger charge is 2.34. The number of aryl methyl sites for hydroxylation is 2. The summed E-state index contributed by atoms with van der Waals surface area (Å²) in [6.45, 7) is 6.23. The molecule has 1 atom stereocenters. The number of hydrogen-bond acceptors (Lipinski definition) is 3. The zero-order chi connectivity index (χ0) is 11.9. The normalized spacial score (nSPS) is 22.3. The molecule has 2 rings (SSSR count). The third kappa shape index (κ3) is 1.52. The molecule has 88 valence electrons. The summed E-state index contributed by atoms with van der Waals surface area (Å²) >= 11 is 0. The van der Waals surface area contributed by atoms with Crippen molar-refractivity contribution in [1.82, 2.24) is 0 Å². The lowest BCUT2D eigenvalue weighted by Gasteiger charge is -2.28. The zero-order valence-electron chi connectivity index (χ0n) is 9.87. The molecule has 0 radical (unpaired) electrons. The summed E-state index contributed by atoms with van der Waals surface area (Å²) in [5.41, 5.74) is 2.63. The van der Waals surface area contributed by atoms with Crippen LogP contribution in [0.5, 0.6) is 0 Å². The predicted molar refractivity (Wildman–Crippen MR) is 65.7 cm³/mol. The minimum atomic E-state index is -3.15. The van der Waals surface area contributed by atoms with Gasteiger partial charge in [0, 0.05) is 6.54 Å². The van der Waals surface area contributed by atoms with E-state index in [0.29, 0.717) is 17.9 Å². The number of benzene rings is 1. The zero-order valence-corrected chi connectivity index (χ0v) is 10.7. The minimum absolute atomic E-state index is 0.291. The van der Waals surface area contributed by atoms with Crippen LogP contribution in [0.2, 0.25) is 0 Å². The van der Waals surface area contributed by atoms with Crippen molar-refractivity contribution in [2.45, 2.75) is 37.3 Å². The highest BCUT2D eigenvalue weighted by Crippen LogP contribution is 2.35. The lowest BCUT2D eigenvalue weighted by Crippen LogP contribution is -2.34. The van der Waals surface area contributed by atoms with Crippen LogP contribution in [0, 0.1) is 13.8 Å². The van der Waals surface area contributed by atoms with Crippen LogP contribution in [-0.4, -0.2) is 20.2 Å². The Balaban J connectivity index is 2.72. The molecule has 1 aliphatic rings. The Labute approximate surface area is 96.8 Å². The van der Waals surface area contributed by atoms with Crippen LogP contribution in [-0.2, 0) is 9.84 Å². The molecule has 1 aromatic rings. The molecule has 0 spiro atoms. The van der Waals surface area contributed by atoms with Gasteiger partial charge in [0.15, 0.2) is 9.84 Å². The standard InChI is InChI=1S/C12H17NO2S/c1-4-10-7-13-11-8(2)5-6-9(3)12(11)16(10,14)15/h5-6,10,13H,4,7H2,1-3H3. The van der Waals surface area contributed by atoms with Crippen molar-refractivity contribution >= 4 is 15.5 Å². The Bertz CT molecular complexity index is 520. The maximum atomic E-state index is 12.4. The first kappa shape index (κ1) is 11.5. The fraction of sp³-hybridized carbons (Fsp3) is 0.500. The van der Waals surface area contributed by atoms with Gasteiger partial charge in [-0.15, -0.1) is 0 Å². The fourth-order valence-corrected chi connectivity index (χ4v) is 4.34. The SMILES string of the molecule is CCC1CNc2c(C)ccc(C)c2S1(=O)=O. The van der Waals surface area contributed by atoms with E-state index < -0.39 is 9.84 Å². The van der Waals surface area contributed by atoms with E-state index in [1.807, 2.05) is 32.9 Å². The van der Waals surface area contributed by atoms with Crippen molar-refractivity contribution in [3.05, 3.63) is 23.3 Å². The van der Waals surface area contributed by atoms with Crippen molar-refractivity contribution in [2.75, 3.05) is 11.9 Å². The molecule has 0 fully saturated rings. The second kappa shape index (κ2) is 3.77. The van der Waals surface area contributed by atoms with E-state index in [2.05, 4.69) is 5.32 Å². The van der Waals surface area contributed by atoms with Gasteiger partial charge in [-0.1, -0.05) is 19.1 Å². The van der Waals surface area contributed by atoms with Crippen LogP contribution in [0.25, 0.3) is 0 Å². The van der Waals surface area contributed by atoms with Crippen molar-refractivity contribution in [1.29, 1.82) is 0 Å². The average Bonchev–Trinajstić information content (AvgIpc) is 2.22. The molecule has 16 heavy (non-hydrogen) atoms. The van der Waals surface area contributed by atoms with Gasteiger partial charge < -0.3 is 5.32 Å². The van der Waals surface area contributed by atoms with Gasteiger partial charge in [0.1, 0.15) is 0 Å². The van der Waals surface area contributed by atoms with Gasteiger partial charge in [-0.3, -0.25) is 0 Å². The summed E-state index contributed by atoms with van der Waals surface area (Å²) < 4.78 is 24.7. The Kier molecular flexibility index (Phi) is 2.70. The molecule has 1 aromatic carbocycles. The van der Waals surface area contributed by atoms with Crippen LogP contribution in [0.3, 0.4) is 0 Å². The van der Waals surface area contributed by atoms with Gasteiger partial charge in [-0.05, 0) is 31.4 Å². The van der Waals surface area contributed by atoms with E-state index in [1.54, 1.807) is 0 Å². The molecular formula is C12H17NO2S. The topological polar surface area (TPSA) is 46.2 Å². The molecule has 0 aliphatic carbocycles. The van der Waals surface area contributed by atoms with E-state index in [1.165, 1.54) is 0 Å².